The van der Waals surface area contributed by atoms with Gasteiger partial charge < -0.3 is 9.73 Å². The number of rotatable bonds is 1. The minimum atomic E-state index is -0.336. The Bertz CT molecular complexity index is 984. The standard InChI is InChI=1S/C18H13NO3/c20-12-7-8-19-15(9-12)14-10-22-16-6-5-11-3-1-2-4-13(11)17(16)18(14)21/h1-8,10,15,19H,9H2. The van der Waals surface area contributed by atoms with Crippen molar-refractivity contribution < 1.29 is 9.21 Å². The molecule has 0 saturated heterocycles. The highest BCUT2D eigenvalue weighted by molar-refractivity contribution is 6.05. The molecule has 3 aromatic rings. The van der Waals surface area contributed by atoms with E-state index in [-0.39, 0.29) is 23.7 Å². The van der Waals surface area contributed by atoms with E-state index in [0.29, 0.717) is 16.5 Å². The summed E-state index contributed by atoms with van der Waals surface area (Å²) in [6, 6.07) is 11.1. The minimum absolute atomic E-state index is 0.00108. The van der Waals surface area contributed by atoms with Crippen LogP contribution in [-0.2, 0) is 4.79 Å². The van der Waals surface area contributed by atoms with Gasteiger partial charge in [-0.1, -0.05) is 30.3 Å². The van der Waals surface area contributed by atoms with Crippen LogP contribution in [0.2, 0.25) is 0 Å². The van der Waals surface area contributed by atoms with Crippen molar-refractivity contribution in [3.8, 4) is 0 Å². The number of hydrogen-bond acceptors (Lipinski definition) is 4. The molecule has 2 heterocycles. The van der Waals surface area contributed by atoms with Crippen LogP contribution < -0.4 is 10.7 Å². The second-order valence-electron chi connectivity index (χ2n) is 5.40. The Hall–Kier alpha value is -2.88. The lowest BCUT2D eigenvalue weighted by Crippen LogP contribution is -2.27. The number of allylic oxidation sites excluding steroid dienone is 1. The molecule has 1 atom stereocenters. The quantitative estimate of drug-likeness (QED) is 0.700. The third-order valence-electron chi connectivity index (χ3n) is 4.04. The second-order valence-corrected chi connectivity index (χ2v) is 5.40. The van der Waals surface area contributed by atoms with Crippen molar-refractivity contribution in [2.45, 2.75) is 12.5 Å². The Morgan fingerprint density at radius 3 is 2.82 bits per heavy atom. The first-order valence-electron chi connectivity index (χ1n) is 7.12. The van der Waals surface area contributed by atoms with Crippen molar-refractivity contribution in [1.82, 2.24) is 5.32 Å². The van der Waals surface area contributed by atoms with Gasteiger partial charge in [0.2, 0.25) is 0 Å². The molecule has 4 heteroatoms. The highest BCUT2D eigenvalue weighted by Gasteiger charge is 2.22. The van der Waals surface area contributed by atoms with E-state index < -0.39 is 0 Å². The number of hydrogen-bond donors (Lipinski definition) is 1. The summed E-state index contributed by atoms with van der Waals surface area (Å²) >= 11 is 0. The molecule has 0 fully saturated rings. The smallest absolute Gasteiger partial charge is 0.198 e. The second kappa shape index (κ2) is 4.84. The molecule has 0 radical (unpaired) electrons. The first-order chi connectivity index (χ1) is 10.7. The lowest BCUT2D eigenvalue weighted by Gasteiger charge is -2.19. The molecular weight excluding hydrogens is 278 g/mol. The molecule has 0 bridgehead atoms. The molecule has 1 aliphatic rings. The van der Waals surface area contributed by atoms with Crippen LogP contribution in [0.15, 0.2) is 64.1 Å². The average Bonchev–Trinajstić information content (AvgIpc) is 2.55. The zero-order valence-corrected chi connectivity index (χ0v) is 11.7. The third kappa shape index (κ3) is 1.92. The van der Waals surface area contributed by atoms with Gasteiger partial charge in [0.05, 0.1) is 17.0 Å². The van der Waals surface area contributed by atoms with Crippen molar-refractivity contribution in [2.75, 3.05) is 0 Å². The summed E-state index contributed by atoms with van der Waals surface area (Å²) < 4.78 is 5.64. The van der Waals surface area contributed by atoms with Crippen LogP contribution in [0.3, 0.4) is 0 Å². The summed E-state index contributed by atoms with van der Waals surface area (Å²) in [5.74, 6) is 0.00108. The highest BCUT2D eigenvalue weighted by Crippen LogP contribution is 2.25. The summed E-state index contributed by atoms with van der Waals surface area (Å²) in [6.45, 7) is 0. The molecule has 108 valence electrons. The maximum Gasteiger partial charge on any atom is 0.198 e. The number of benzene rings is 2. The summed E-state index contributed by atoms with van der Waals surface area (Å²) in [5, 5.41) is 5.49. The molecule has 1 unspecified atom stereocenters. The van der Waals surface area contributed by atoms with Crippen LogP contribution in [0.4, 0.5) is 0 Å². The topological polar surface area (TPSA) is 59.3 Å². The van der Waals surface area contributed by atoms with E-state index in [1.165, 1.54) is 12.3 Å². The predicted octanol–water partition coefficient (Wildman–Crippen LogP) is 3.06. The SMILES string of the molecule is O=C1C=CNC(c2coc3ccc4ccccc4c3c2=O)C1. The Balaban J connectivity index is 2.00. The van der Waals surface area contributed by atoms with Crippen LogP contribution in [0.5, 0.6) is 0 Å². The average molecular weight is 291 g/mol. The van der Waals surface area contributed by atoms with Gasteiger partial charge in [-0.2, -0.15) is 0 Å². The Kier molecular flexibility index (Phi) is 2.82. The summed E-state index contributed by atoms with van der Waals surface area (Å²) in [4.78, 5) is 24.5. The van der Waals surface area contributed by atoms with E-state index in [1.807, 2.05) is 36.4 Å². The van der Waals surface area contributed by atoms with Crippen LogP contribution >= 0.6 is 0 Å². The molecule has 2 aromatic carbocycles. The van der Waals surface area contributed by atoms with Gasteiger partial charge in [-0.05, 0) is 22.9 Å². The van der Waals surface area contributed by atoms with E-state index in [0.717, 1.165) is 10.8 Å². The van der Waals surface area contributed by atoms with Gasteiger partial charge in [0.25, 0.3) is 0 Å². The van der Waals surface area contributed by atoms with Crippen LogP contribution in [0.25, 0.3) is 21.7 Å². The first kappa shape index (κ1) is 12.8. The normalized spacial score (nSPS) is 17.8. The molecule has 0 spiro atoms. The fourth-order valence-corrected chi connectivity index (χ4v) is 2.93. The summed E-state index contributed by atoms with van der Waals surface area (Å²) in [6.07, 6.45) is 4.79. The van der Waals surface area contributed by atoms with E-state index >= 15 is 0 Å². The molecule has 0 amide bonds. The molecule has 0 aliphatic carbocycles. The molecule has 22 heavy (non-hydrogen) atoms. The zero-order valence-electron chi connectivity index (χ0n) is 11.7. The first-order valence-corrected chi connectivity index (χ1v) is 7.12. The predicted molar refractivity (Wildman–Crippen MR) is 84.6 cm³/mol. The number of ketones is 1. The largest absolute Gasteiger partial charge is 0.464 e. The van der Waals surface area contributed by atoms with Gasteiger partial charge in [-0.15, -0.1) is 0 Å². The third-order valence-corrected chi connectivity index (χ3v) is 4.04. The summed E-state index contributed by atoms with van der Waals surface area (Å²) in [5.41, 5.74) is 0.963. The van der Waals surface area contributed by atoms with Crippen molar-refractivity contribution >= 4 is 27.5 Å². The fraction of sp³-hybridized carbons (Fsp3) is 0.111. The Morgan fingerprint density at radius 2 is 1.95 bits per heavy atom. The Morgan fingerprint density at radius 1 is 1.09 bits per heavy atom. The molecule has 0 saturated carbocycles. The van der Waals surface area contributed by atoms with E-state index in [2.05, 4.69) is 5.32 Å². The lowest BCUT2D eigenvalue weighted by molar-refractivity contribution is -0.115. The molecule has 1 N–H and O–H groups in total. The number of nitrogens with one attached hydrogen (secondary N) is 1. The molecule has 4 rings (SSSR count). The van der Waals surface area contributed by atoms with Gasteiger partial charge in [0.15, 0.2) is 11.2 Å². The maximum atomic E-state index is 12.9. The lowest BCUT2D eigenvalue weighted by atomic mass is 9.98. The number of fused-ring (bicyclic) bond motifs is 3. The zero-order chi connectivity index (χ0) is 15.1. The Labute approximate surface area is 126 Å². The van der Waals surface area contributed by atoms with Gasteiger partial charge in [0, 0.05) is 12.6 Å². The van der Waals surface area contributed by atoms with Gasteiger partial charge in [-0.3, -0.25) is 9.59 Å². The van der Waals surface area contributed by atoms with Crippen molar-refractivity contribution in [2.24, 2.45) is 0 Å². The van der Waals surface area contributed by atoms with E-state index in [4.69, 9.17) is 4.42 Å². The minimum Gasteiger partial charge on any atom is -0.464 e. The van der Waals surface area contributed by atoms with Crippen molar-refractivity contribution in [3.05, 3.63) is 70.7 Å². The van der Waals surface area contributed by atoms with Gasteiger partial charge in [0.1, 0.15) is 11.8 Å². The van der Waals surface area contributed by atoms with Crippen molar-refractivity contribution in [1.29, 1.82) is 0 Å². The van der Waals surface area contributed by atoms with Gasteiger partial charge in [-0.25, -0.2) is 0 Å². The van der Waals surface area contributed by atoms with E-state index in [9.17, 15) is 9.59 Å². The fourth-order valence-electron chi connectivity index (χ4n) is 2.93. The molecule has 4 nitrogen and oxygen atoms in total. The van der Waals surface area contributed by atoms with Crippen LogP contribution in [0.1, 0.15) is 18.0 Å². The summed E-state index contributed by atoms with van der Waals surface area (Å²) in [7, 11) is 0. The number of carbonyl (C=O) groups is 1. The van der Waals surface area contributed by atoms with E-state index in [1.54, 1.807) is 6.20 Å². The van der Waals surface area contributed by atoms with Crippen LogP contribution in [-0.4, -0.2) is 5.78 Å². The molecule has 1 aromatic heterocycles. The monoisotopic (exact) mass is 291 g/mol. The van der Waals surface area contributed by atoms with Gasteiger partial charge >= 0.3 is 0 Å². The maximum absolute atomic E-state index is 12.9. The number of carbonyl (C=O) groups excluding carboxylic acids is 1. The van der Waals surface area contributed by atoms with Crippen LogP contribution in [0, 0.1) is 0 Å². The molecule has 1 aliphatic heterocycles. The molecular formula is C18H13NO3. The van der Waals surface area contributed by atoms with Crippen molar-refractivity contribution in [3.63, 3.8) is 0 Å². The highest BCUT2D eigenvalue weighted by atomic mass is 16.3.